The highest BCUT2D eigenvalue weighted by molar-refractivity contribution is 5.25. The van der Waals surface area contributed by atoms with Gasteiger partial charge in [-0.1, -0.05) is 30.3 Å². The summed E-state index contributed by atoms with van der Waals surface area (Å²) < 4.78 is 37.9. The first-order valence-corrected chi connectivity index (χ1v) is 4.33. The summed E-state index contributed by atoms with van der Waals surface area (Å²) in [5, 5.41) is 18.6. The predicted molar refractivity (Wildman–Crippen MR) is 48.1 cm³/mol. The lowest BCUT2D eigenvalue weighted by Crippen LogP contribution is -2.50. The number of hydrogen-bond acceptors (Lipinski definition) is 2. The predicted octanol–water partition coefficient (Wildman–Crippen LogP) is 1.82. The van der Waals surface area contributed by atoms with Crippen molar-refractivity contribution in [3.8, 4) is 0 Å². The van der Waals surface area contributed by atoms with Crippen LogP contribution in [0.5, 0.6) is 0 Å². The van der Waals surface area contributed by atoms with Gasteiger partial charge in [-0.15, -0.1) is 0 Å². The molecule has 0 radical (unpaired) electrons. The van der Waals surface area contributed by atoms with Crippen LogP contribution in [-0.4, -0.2) is 22.5 Å². The van der Waals surface area contributed by atoms with Gasteiger partial charge in [0.1, 0.15) is 0 Å². The van der Waals surface area contributed by atoms with Gasteiger partial charge < -0.3 is 10.2 Å². The van der Waals surface area contributed by atoms with E-state index < -0.39 is 17.9 Å². The Balaban J connectivity index is 3.26. The van der Waals surface area contributed by atoms with Gasteiger partial charge in [-0.3, -0.25) is 0 Å². The summed E-state index contributed by atoms with van der Waals surface area (Å²) in [6.45, 7) is 0.903. The summed E-state index contributed by atoms with van der Waals surface area (Å²) in [5.74, 6) is 0. The highest BCUT2D eigenvalue weighted by Crippen LogP contribution is 2.41. The summed E-state index contributed by atoms with van der Waals surface area (Å²) in [6.07, 6.45) is -6.84. The number of halogens is 3. The molecule has 0 saturated heterocycles. The molecular formula is C10H11F3O2. The zero-order valence-corrected chi connectivity index (χ0v) is 7.99. The van der Waals surface area contributed by atoms with E-state index in [0.717, 1.165) is 19.1 Å². The molecule has 0 aromatic heterocycles. The van der Waals surface area contributed by atoms with Crippen LogP contribution in [0, 0.1) is 0 Å². The Kier molecular flexibility index (Phi) is 3.06. The molecule has 2 N–H and O–H groups in total. The van der Waals surface area contributed by atoms with Crippen molar-refractivity contribution in [3.05, 3.63) is 35.9 Å². The smallest absolute Gasteiger partial charge is 0.390 e. The van der Waals surface area contributed by atoms with Crippen LogP contribution >= 0.6 is 0 Å². The SMILES string of the molecule is C[C@H](O)[C@@](O)(c1ccccc1)C(F)(F)F. The van der Waals surface area contributed by atoms with Gasteiger partial charge in [0.25, 0.3) is 0 Å². The third-order valence-corrected chi connectivity index (χ3v) is 2.25. The summed E-state index contributed by atoms with van der Waals surface area (Å²) >= 11 is 0. The van der Waals surface area contributed by atoms with E-state index in [4.69, 9.17) is 5.11 Å². The van der Waals surface area contributed by atoms with E-state index >= 15 is 0 Å². The van der Waals surface area contributed by atoms with E-state index in [2.05, 4.69) is 0 Å². The van der Waals surface area contributed by atoms with Gasteiger partial charge in [0, 0.05) is 0 Å². The maximum atomic E-state index is 12.6. The third kappa shape index (κ3) is 1.98. The summed E-state index contributed by atoms with van der Waals surface area (Å²) in [5.41, 5.74) is -3.58. The van der Waals surface area contributed by atoms with Gasteiger partial charge >= 0.3 is 6.18 Å². The maximum Gasteiger partial charge on any atom is 0.424 e. The molecular weight excluding hydrogens is 209 g/mol. The van der Waals surface area contributed by atoms with Gasteiger partial charge in [0.2, 0.25) is 5.60 Å². The van der Waals surface area contributed by atoms with Crippen molar-refractivity contribution < 1.29 is 23.4 Å². The Labute approximate surface area is 85.0 Å². The summed E-state index contributed by atoms with van der Waals surface area (Å²) in [4.78, 5) is 0. The fourth-order valence-corrected chi connectivity index (χ4v) is 1.33. The minimum Gasteiger partial charge on any atom is -0.390 e. The van der Waals surface area contributed by atoms with E-state index in [1.807, 2.05) is 0 Å². The second-order valence-corrected chi connectivity index (χ2v) is 3.31. The molecule has 0 heterocycles. The first-order valence-electron chi connectivity index (χ1n) is 4.33. The highest BCUT2D eigenvalue weighted by Gasteiger charge is 2.58. The second kappa shape index (κ2) is 3.83. The first kappa shape index (κ1) is 12.0. The summed E-state index contributed by atoms with van der Waals surface area (Å²) in [7, 11) is 0. The molecule has 0 bridgehead atoms. The lowest BCUT2D eigenvalue weighted by atomic mass is 9.88. The van der Waals surface area contributed by atoms with E-state index in [1.165, 1.54) is 18.2 Å². The minimum atomic E-state index is -4.91. The summed E-state index contributed by atoms with van der Waals surface area (Å²) in [6, 6.07) is 6.52. The number of aliphatic hydroxyl groups is 2. The Morgan fingerprint density at radius 1 is 1.13 bits per heavy atom. The van der Waals surface area contributed by atoms with Crippen molar-refractivity contribution in [3.63, 3.8) is 0 Å². The quantitative estimate of drug-likeness (QED) is 0.798. The molecule has 2 nitrogen and oxygen atoms in total. The van der Waals surface area contributed by atoms with Crippen molar-refractivity contribution in [2.24, 2.45) is 0 Å². The Morgan fingerprint density at radius 2 is 1.60 bits per heavy atom. The van der Waals surface area contributed by atoms with E-state index in [1.54, 1.807) is 0 Å². The molecule has 1 aromatic rings. The van der Waals surface area contributed by atoms with Crippen molar-refractivity contribution in [1.82, 2.24) is 0 Å². The minimum absolute atomic E-state index is 0.368. The van der Waals surface area contributed by atoms with Crippen LogP contribution in [-0.2, 0) is 5.60 Å². The zero-order valence-electron chi connectivity index (χ0n) is 7.99. The number of alkyl halides is 3. The van der Waals surface area contributed by atoms with E-state index in [0.29, 0.717) is 0 Å². The average Bonchev–Trinajstić information content (AvgIpc) is 2.16. The number of benzene rings is 1. The second-order valence-electron chi connectivity index (χ2n) is 3.31. The van der Waals surface area contributed by atoms with Crippen LogP contribution in [0.4, 0.5) is 13.2 Å². The number of hydrogen-bond donors (Lipinski definition) is 2. The molecule has 1 aromatic carbocycles. The molecule has 0 unspecified atom stereocenters. The highest BCUT2D eigenvalue weighted by atomic mass is 19.4. The molecule has 0 spiro atoms. The van der Waals surface area contributed by atoms with Gasteiger partial charge in [0.15, 0.2) is 0 Å². The van der Waals surface area contributed by atoms with Crippen LogP contribution in [0.1, 0.15) is 12.5 Å². The molecule has 2 atom stereocenters. The molecule has 84 valence electrons. The number of aliphatic hydroxyl groups excluding tert-OH is 1. The first-order chi connectivity index (χ1) is 6.80. The van der Waals surface area contributed by atoms with Crippen LogP contribution in [0.3, 0.4) is 0 Å². The van der Waals surface area contributed by atoms with Crippen LogP contribution in [0.15, 0.2) is 30.3 Å². The van der Waals surface area contributed by atoms with Gasteiger partial charge in [0.05, 0.1) is 6.10 Å². The molecule has 0 aliphatic rings. The van der Waals surface area contributed by atoms with Crippen LogP contribution < -0.4 is 0 Å². The van der Waals surface area contributed by atoms with Crippen LogP contribution in [0.2, 0.25) is 0 Å². The third-order valence-electron chi connectivity index (χ3n) is 2.25. The largest absolute Gasteiger partial charge is 0.424 e. The maximum absolute atomic E-state index is 12.6. The molecule has 0 amide bonds. The fourth-order valence-electron chi connectivity index (χ4n) is 1.33. The normalized spacial score (nSPS) is 18.3. The molecule has 15 heavy (non-hydrogen) atoms. The lowest BCUT2D eigenvalue weighted by Gasteiger charge is -2.33. The van der Waals surface area contributed by atoms with Crippen molar-refractivity contribution in [2.75, 3.05) is 0 Å². The molecule has 1 rings (SSSR count). The van der Waals surface area contributed by atoms with Crippen molar-refractivity contribution in [2.45, 2.75) is 24.8 Å². The van der Waals surface area contributed by atoms with Crippen molar-refractivity contribution >= 4 is 0 Å². The van der Waals surface area contributed by atoms with Crippen LogP contribution in [0.25, 0.3) is 0 Å². The molecule has 0 aliphatic carbocycles. The molecule has 0 saturated carbocycles. The Hall–Kier alpha value is -1.07. The molecule has 0 fully saturated rings. The van der Waals surface area contributed by atoms with Gasteiger partial charge in [-0.05, 0) is 12.5 Å². The Bertz CT molecular complexity index is 321. The lowest BCUT2D eigenvalue weighted by molar-refractivity contribution is -0.295. The number of rotatable bonds is 2. The van der Waals surface area contributed by atoms with Gasteiger partial charge in [-0.25, -0.2) is 0 Å². The molecule has 0 aliphatic heterocycles. The zero-order chi connectivity index (χ0) is 11.7. The standard InChI is InChI=1S/C10H11F3O2/c1-7(14)9(15,10(11,12)13)8-5-3-2-4-6-8/h2-7,14-15H,1H3/t7-,9+/m0/s1. The Morgan fingerprint density at radius 3 is 1.93 bits per heavy atom. The average molecular weight is 220 g/mol. The fraction of sp³-hybridized carbons (Fsp3) is 0.400. The van der Waals surface area contributed by atoms with E-state index in [9.17, 15) is 18.3 Å². The molecule has 5 heteroatoms. The van der Waals surface area contributed by atoms with E-state index in [-0.39, 0.29) is 5.56 Å². The topological polar surface area (TPSA) is 40.5 Å². The van der Waals surface area contributed by atoms with Crippen molar-refractivity contribution in [1.29, 1.82) is 0 Å². The van der Waals surface area contributed by atoms with Gasteiger partial charge in [-0.2, -0.15) is 13.2 Å². The monoisotopic (exact) mass is 220 g/mol.